The Hall–Kier alpha value is -1.15. The molecule has 0 amide bonds. The molecular weight excluding hydrogens is 322 g/mol. The van der Waals surface area contributed by atoms with Gasteiger partial charge in [-0.15, -0.1) is 11.3 Å². The molecule has 0 aliphatic carbocycles. The number of benzene rings is 1. The Morgan fingerprint density at radius 1 is 1.40 bits per heavy atom. The molecule has 0 spiro atoms. The molecule has 2 rings (SSSR count). The minimum atomic E-state index is -3.94. The van der Waals surface area contributed by atoms with E-state index in [-0.39, 0.29) is 9.23 Å². The van der Waals surface area contributed by atoms with Crippen molar-refractivity contribution < 1.29 is 18.3 Å². The minimum Gasteiger partial charge on any atom is -0.480 e. The number of rotatable bonds is 4. The fourth-order valence-corrected chi connectivity index (χ4v) is 5.25. The number of nitrogens with zero attached hydrogens (tertiary/aromatic N) is 1. The lowest BCUT2D eigenvalue weighted by molar-refractivity contribution is -0.140. The molecule has 0 bridgehead atoms. The Morgan fingerprint density at radius 2 is 2.00 bits per heavy atom. The molecule has 8 heteroatoms. The zero-order valence-electron chi connectivity index (χ0n) is 10.7. The summed E-state index contributed by atoms with van der Waals surface area (Å²) in [7, 11) is -2.71. The molecule has 0 saturated heterocycles. The molecule has 1 atom stereocenters. The Balaban J connectivity index is 2.58. The molecule has 0 radical (unpaired) electrons. The van der Waals surface area contributed by atoms with E-state index in [1.165, 1.54) is 14.0 Å². The molecule has 2 aromatic rings. The van der Waals surface area contributed by atoms with Crippen molar-refractivity contribution in [2.45, 2.75) is 17.2 Å². The summed E-state index contributed by atoms with van der Waals surface area (Å²) in [6.07, 6.45) is 0. The first-order chi connectivity index (χ1) is 9.26. The van der Waals surface area contributed by atoms with Crippen LogP contribution in [0.2, 0.25) is 5.02 Å². The van der Waals surface area contributed by atoms with Gasteiger partial charge in [0.1, 0.15) is 6.04 Å². The smallest absolute Gasteiger partial charge is 0.321 e. The van der Waals surface area contributed by atoms with E-state index in [2.05, 4.69) is 0 Å². The Kier molecular flexibility index (Phi) is 4.06. The Labute approximate surface area is 125 Å². The number of thiophene rings is 1. The van der Waals surface area contributed by atoms with Crippen LogP contribution >= 0.6 is 22.9 Å². The lowest BCUT2D eigenvalue weighted by Crippen LogP contribution is -2.39. The van der Waals surface area contributed by atoms with Gasteiger partial charge in [0.15, 0.2) is 4.21 Å². The maximum absolute atomic E-state index is 12.5. The minimum absolute atomic E-state index is 0.0315. The van der Waals surface area contributed by atoms with E-state index >= 15 is 0 Å². The van der Waals surface area contributed by atoms with Crippen LogP contribution in [-0.2, 0) is 14.8 Å². The molecule has 1 unspecified atom stereocenters. The summed E-state index contributed by atoms with van der Waals surface area (Å²) in [5.74, 6) is -1.21. The number of fused-ring (bicyclic) bond motifs is 1. The number of carboxylic acids is 1. The predicted molar refractivity (Wildman–Crippen MR) is 78.9 cm³/mol. The van der Waals surface area contributed by atoms with Gasteiger partial charge in [-0.1, -0.05) is 29.8 Å². The normalized spacial score (nSPS) is 13.8. The third kappa shape index (κ3) is 2.42. The van der Waals surface area contributed by atoms with Gasteiger partial charge >= 0.3 is 5.97 Å². The monoisotopic (exact) mass is 333 g/mol. The Morgan fingerprint density at radius 3 is 2.55 bits per heavy atom. The quantitative estimate of drug-likeness (QED) is 0.933. The molecule has 5 nitrogen and oxygen atoms in total. The maximum atomic E-state index is 12.5. The van der Waals surface area contributed by atoms with Crippen LogP contribution in [0.1, 0.15) is 6.92 Å². The molecule has 1 N–H and O–H groups in total. The standard InChI is InChI=1S/C12H12ClNO4S2/c1-7(11(15)16)14(2)20(17,18)12-10(13)8-5-3-4-6-9(8)19-12/h3-7H,1-2H3,(H,15,16). The molecule has 0 aliphatic heterocycles. The second-order valence-corrected chi connectivity index (χ2v) is 7.86. The van der Waals surface area contributed by atoms with Crippen molar-refractivity contribution in [3.05, 3.63) is 29.3 Å². The number of carbonyl (C=O) groups is 1. The number of hydrogen-bond donors (Lipinski definition) is 1. The van der Waals surface area contributed by atoms with Crippen LogP contribution in [0.25, 0.3) is 10.1 Å². The summed E-state index contributed by atoms with van der Waals surface area (Å²) < 4.78 is 26.4. The third-order valence-electron chi connectivity index (χ3n) is 3.02. The highest BCUT2D eigenvalue weighted by atomic mass is 35.5. The van der Waals surface area contributed by atoms with Crippen LogP contribution < -0.4 is 0 Å². The highest BCUT2D eigenvalue weighted by molar-refractivity contribution is 7.91. The van der Waals surface area contributed by atoms with Crippen molar-refractivity contribution in [1.29, 1.82) is 0 Å². The van der Waals surface area contributed by atoms with Crippen LogP contribution in [0, 0.1) is 0 Å². The number of aliphatic carboxylic acids is 1. The van der Waals surface area contributed by atoms with Gasteiger partial charge in [0.05, 0.1) is 5.02 Å². The number of hydrogen-bond acceptors (Lipinski definition) is 4. The van der Waals surface area contributed by atoms with Crippen LogP contribution in [0.5, 0.6) is 0 Å². The Bertz CT molecular complexity index is 769. The highest BCUT2D eigenvalue weighted by Gasteiger charge is 2.33. The lowest BCUT2D eigenvalue weighted by atomic mass is 10.3. The molecule has 0 saturated carbocycles. The lowest BCUT2D eigenvalue weighted by Gasteiger charge is -2.20. The zero-order valence-corrected chi connectivity index (χ0v) is 13.1. The van der Waals surface area contributed by atoms with Crippen molar-refractivity contribution in [1.82, 2.24) is 4.31 Å². The summed E-state index contributed by atoms with van der Waals surface area (Å²) in [6.45, 7) is 1.31. The van der Waals surface area contributed by atoms with Crippen molar-refractivity contribution in [2.75, 3.05) is 7.05 Å². The fraction of sp³-hybridized carbons (Fsp3) is 0.250. The second-order valence-electron chi connectivity index (χ2n) is 4.24. The molecule has 20 heavy (non-hydrogen) atoms. The van der Waals surface area contributed by atoms with E-state index in [9.17, 15) is 13.2 Å². The topological polar surface area (TPSA) is 74.7 Å². The SMILES string of the molecule is CC(C(=O)O)N(C)S(=O)(=O)c1sc2ccccc2c1Cl. The van der Waals surface area contributed by atoms with Gasteiger partial charge < -0.3 is 5.11 Å². The van der Waals surface area contributed by atoms with Gasteiger partial charge in [0.25, 0.3) is 10.0 Å². The van der Waals surface area contributed by atoms with Gasteiger partial charge in [-0.2, -0.15) is 4.31 Å². The zero-order chi connectivity index (χ0) is 15.1. The van der Waals surface area contributed by atoms with E-state index in [0.29, 0.717) is 5.39 Å². The average molecular weight is 334 g/mol. The first kappa shape index (κ1) is 15.2. The van der Waals surface area contributed by atoms with Gasteiger partial charge in [0.2, 0.25) is 0 Å². The summed E-state index contributed by atoms with van der Waals surface area (Å²) in [5, 5.41) is 9.72. The van der Waals surface area contributed by atoms with Crippen molar-refractivity contribution in [3.63, 3.8) is 0 Å². The number of likely N-dealkylation sites (N-methyl/N-ethyl adjacent to an activating group) is 1. The van der Waals surface area contributed by atoms with Gasteiger partial charge in [-0.25, -0.2) is 8.42 Å². The van der Waals surface area contributed by atoms with Gasteiger partial charge in [-0.05, 0) is 13.0 Å². The van der Waals surface area contributed by atoms with Crippen molar-refractivity contribution in [3.8, 4) is 0 Å². The molecule has 0 fully saturated rings. The molecule has 0 aliphatic rings. The molecule has 1 aromatic carbocycles. The summed E-state index contributed by atoms with van der Waals surface area (Å²) in [4.78, 5) is 10.9. The fourth-order valence-electron chi connectivity index (χ4n) is 1.65. The second kappa shape index (κ2) is 5.33. The first-order valence-electron chi connectivity index (χ1n) is 5.64. The van der Waals surface area contributed by atoms with E-state index < -0.39 is 22.0 Å². The van der Waals surface area contributed by atoms with Crippen molar-refractivity contribution in [2.24, 2.45) is 0 Å². The largest absolute Gasteiger partial charge is 0.480 e. The number of sulfonamides is 1. The first-order valence-corrected chi connectivity index (χ1v) is 8.28. The average Bonchev–Trinajstić information content (AvgIpc) is 2.75. The molecule has 108 valence electrons. The van der Waals surface area contributed by atoms with Crippen LogP contribution in [-0.4, -0.2) is 36.9 Å². The van der Waals surface area contributed by atoms with E-state index in [1.807, 2.05) is 0 Å². The van der Waals surface area contributed by atoms with Gasteiger partial charge in [0, 0.05) is 17.1 Å². The third-order valence-corrected chi connectivity index (χ3v) is 7.23. The molecular formula is C12H12ClNO4S2. The summed E-state index contributed by atoms with van der Waals surface area (Å²) >= 11 is 7.16. The molecule has 1 aromatic heterocycles. The van der Waals surface area contributed by atoms with Gasteiger partial charge in [-0.3, -0.25) is 4.79 Å². The maximum Gasteiger partial charge on any atom is 0.321 e. The number of halogens is 1. The van der Waals surface area contributed by atoms with E-state index in [4.69, 9.17) is 16.7 Å². The molecule has 1 heterocycles. The predicted octanol–water partition coefficient (Wildman–Crippen LogP) is 2.65. The number of carboxylic acid groups (broad SMARTS) is 1. The van der Waals surface area contributed by atoms with Crippen LogP contribution in [0.15, 0.2) is 28.5 Å². The van der Waals surface area contributed by atoms with Crippen LogP contribution in [0.3, 0.4) is 0 Å². The summed E-state index contributed by atoms with van der Waals surface area (Å²) in [6, 6.07) is 5.89. The summed E-state index contributed by atoms with van der Waals surface area (Å²) in [5.41, 5.74) is 0. The highest BCUT2D eigenvalue weighted by Crippen LogP contribution is 2.39. The van der Waals surface area contributed by atoms with E-state index in [0.717, 1.165) is 20.3 Å². The van der Waals surface area contributed by atoms with Crippen molar-refractivity contribution >= 4 is 49.0 Å². The van der Waals surface area contributed by atoms with E-state index in [1.54, 1.807) is 24.3 Å². The van der Waals surface area contributed by atoms with Crippen LogP contribution in [0.4, 0.5) is 0 Å².